The van der Waals surface area contributed by atoms with E-state index in [0.717, 1.165) is 17.9 Å². The molecule has 0 aliphatic heterocycles. The van der Waals surface area contributed by atoms with E-state index in [4.69, 9.17) is 4.74 Å². The van der Waals surface area contributed by atoms with Crippen LogP contribution in [0.25, 0.3) is 0 Å². The minimum absolute atomic E-state index is 0.00709. The first-order valence-electron chi connectivity index (χ1n) is 9.78. The maximum Gasteiger partial charge on any atom is 0.164 e. The number of hydrogen-bond acceptors (Lipinski definition) is 3. The zero-order valence-electron chi connectivity index (χ0n) is 16.4. The molecule has 2 aliphatic rings. The van der Waals surface area contributed by atoms with Crippen molar-refractivity contribution in [2.75, 3.05) is 7.11 Å². The molecule has 0 aromatic heterocycles. The van der Waals surface area contributed by atoms with E-state index in [-0.39, 0.29) is 16.9 Å². The average molecular weight is 347 g/mol. The largest absolute Gasteiger partial charge is 0.504 e. The van der Waals surface area contributed by atoms with Crippen LogP contribution in [-0.4, -0.2) is 17.3 Å². The molecule has 2 saturated carbocycles. The van der Waals surface area contributed by atoms with E-state index >= 15 is 0 Å². The molecular weight excluding hydrogens is 312 g/mol. The smallest absolute Gasteiger partial charge is 0.164 e. The van der Waals surface area contributed by atoms with E-state index in [1.807, 2.05) is 0 Å². The molecule has 0 heterocycles. The van der Waals surface area contributed by atoms with E-state index in [0.29, 0.717) is 23.0 Å². The Bertz CT molecular complexity index is 636. The van der Waals surface area contributed by atoms with Gasteiger partial charge in [0.25, 0.3) is 0 Å². The second kappa shape index (κ2) is 6.41. The first-order valence-corrected chi connectivity index (χ1v) is 9.78. The lowest BCUT2D eigenvalue weighted by atomic mass is 9.46. The van der Waals surface area contributed by atoms with Gasteiger partial charge in [0.15, 0.2) is 11.5 Å². The number of benzene rings is 1. The molecule has 2 aliphatic carbocycles. The SMILES string of the molecule is COc1ccc(O)c(O)c1CC1C(C)CCC2C(C)(C)CCC[C@]12C. The normalized spacial score (nSPS) is 34.4. The monoisotopic (exact) mass is 346 g/mol. The molecule has 1 aromatic carbocycles. The Morgan fingerprint density at radius 3 is 2.52 bits per heavy atom. The third-order valence-electron chi connectivity index (χ3n) is 7.58. The van der Waals surface area contributed by atoms with Crippen LogP contribution in [0.5, 0.6) is 17.2 Å². The van der Waals surface area contributed by atoms with Gasteiger partial charge in [-0.15, -0.1) is 0 Å². The Balaban J connectivity index is 2.00. The number of rotatable bonds is 3. The van der Waals surface area contributed by atoms with Gasteiger partial charge in [-0.1, -0.05) is 40.5 Å². The summed E-state index contributed by atoms with van der Waals surface area (Å²) in [6, 6.07) is 3.28. The molecule has 0 amide bonds. The lowest BCUT2D eigenvalue weighted by molar-refractivity contribution is -0.0932. The van der Waals surface area contributed by atoms with Crippen molar-refractivity contribution in [2.24, 2.45) is 28.6 Å². The molecule has 4 atom stereocenters. The number of ether oxygens (including phenoxy) is 1. The van der Waals surface area contributed by atoms with Crippen LogP contribution in [-0.2, 0) is 6.42 Å². The molecule has 2 N–H and O–H groups in total. The van der Waals surface area contributed by atoms with Crippen molar-refractivity contribution in [3.05, 3.63) is 17.7 Å². The molecule has 0 spiro atoms. The molecule has 0 radical (unpaired) electrons. The summed E-state index contributed by atoms with van der Waals surface area (Å²) < 4.78 is 5.50. The fourth-order valence-electron chi connectivity index (χ4n) is 6.26. The van der Waals surface area contributed by atoms with Gasteiger partial charge >= 0.3 is 0 Å². The zero-order valence-corrected chi connectivity index (χ0v) is 16.4. The highest BCUT2D eigenvalue weighted by atomic mass is 16.5. The van der Waals surface area contributed by atoms with Gasteiger partial charge in [-0.25, -0.2) is 0 Å². The molecule has 2 fully saturated rings. The Hall–Kier alpha value is -1.38. The van der Waals surface area contributed by atoms with Crippen LogP contribution in [0.15, 0.2) is 12.1 Å². The molecule has 1 aromatic rings. The van der Waals surface area contributed by atoms with Gasteiger partial charge in [-0.3, -0.25) is 0 Å². The Morgan fingerprint density at radius 1 is 1.12 bits per heavy atom. The molecule has 3 unspecified atom stereocenters. The topological polar surface area (TPSA) is 49.7 Å². The first-order chi connectivity index (χ1) is 11.7. The molecule has 0 saturated heterocycles. The third-order valence-corrected chi connectivity index (χ3v) is 7.58. The third kappa shape index (κ3) is 3.00. The number of hydrogen-bond donors (Lipinski definition) is 2. The van der Waals surface area contributed by atoms with Crippen molar-refractivity contribution < 1.29 is 14.9 Å². The van der Waals surface area contributed by atoms with Crippen molar-refractivity contribution >= 4 is 0 Å². The second-order valence-electron chi connectivity index (χ2n) is 9.38. The number of fused-ring (bicyclic) bond motifs is 1. The summed E-state index contributed by atoms with van der Waals surface area (Å²) in [5.74, 6) is 2.45. The molecule has 140 valence electrons. The number of phenolic OH excluding ortho intramolecular Hbond substituents is 2. The van der Waals surface area contributed by atoms with E-state index < -0.39 is 0 Å². The standard InChI is InChI=1S/C22H34O3/c1-14-7-10-19-21(2,3)11-6-12-22(19,4)16(14)13-15-18(25-5)9-8-17(23)20(15)24/h8-9,14,16,19,23-24H,6-7,10-13H2,1-5H3/t14?,16?,19?,22-/m1/s1. The van der Waals surface area contributed by atoms with Gasteiger partial charge in [0.1, 0.15) is 5.75 Å². The summed E-state index contributed by atoms with van der Waals surface area (Å²) in [7, 11) is 1.63. The Kier molecular flexibility index (Phi) is 4.72. The van der Waals surface area contributed by atoms with Gasteiger partial charge in [0, 0.05) is 5.56 Å². The summed E-state index contributed by atoms with van der Waals surface area (Å²) in [6.45, 7) is 9.72. The maximum absolute atomic E-state index is 10.5. The predicted molar refractivity (Wildman–Crippen MR) is 101 cm³/mol. The summed E-state index contributed by atoms with van der Waals surface area (Å²) in [5, 5.41) is 20.5. The van der Waals surface area contributed by atoms with Gasteiger partial charge < -0.3 is 14.9 Å². The fraction of sp³-hybridized carbons (Fsp3) is 0.727. The van der Waals surface area contributed by atoms with Crippen LogP contribution in [0.3, 0.4) is 0 Å². The van der Waals surface area contributed by atoms with Crippen LogP contribution in [0.4, 0.5) is 0 Å². The summed E-state index contributed by atoms with van der Waals surface area (Å²) in [5.41, 5.74) is 1.43. The van der Waals surface area contributed by atoms with Gasteiger partial charge in [0.05, 0.1) is 7.11 Å². The second-order valence-corrected chi connectivity index (χ2v) is 9.38. The minimum Gasteiger partial charge on any atom is -0.504 e. The average Bonchev–Trinajstić information content (AvgIpc) is 2.54. The van der Waals surface area contributed by atoms with Gasteiger partial charge in [0.2, 0.25) is 0 Å². The van der Waals surface area contributed by atoms with E-state index in [1.165, 1.54) is 38.2 Å². The highest BCUT2D eigenvalue weighted by molar-refractivity contribution is 5.52. The van der Waals surface area contributed by atoms with Crippen LogP contribution >= 0.6 is 0 Å². The zero-order chi connectivity index (χ0) is 18.4. The molecule has 3 heteroatoms. The summed E-state index contributed by atoms with van der Waals surface area (Å²) in [6.07, 6.45) is 7.19. The van der Waals surface area contributed by atoms with Gasteiger partial charge in [-0.2, -0.15) is 0 Å². The highest BCUT2D eigenvalue weighted by Gasteiger charge is 2.53. The van der Waals surface area contributed by atoms with E-state index in [9.17, 15) is 10.2 Å². The summed E-state index contributed by atoms with van der Waals surface area (Å²) in [4.78, 5) is 0. The molecule has 25 heavy (non-hydrogen) atoms. The van der Waals surface area contributed by atoms with Crippen molar-refractivity contribution in [1.29, 1.82) is 0 Å². The van der Waals surface area contributed by atoms with Crippen LogP contribution < -0.4 is 4.74 Å². The van der Waals surface area contributed by atoms with Crippen LogP contribution in [0, 0.1) is 28.6 Å². The molecule has 3 rings (SSSR count). The summed E-state index contributed by atoms with van der Waals surface area (Å²) >= 11 is 0. The maximum atomic E-state index is 10.5. The van der Waals surface area contributed by atoms with Crippen molar-refractivity contribution in [3.63, 3.8) is 0 Å². The van der Waals surface area contributed by atoms with Gasteiger partial charge in [-0.05, 0) is 66.4 Å². The number of methoxy groups -OCH3 is 1. The number of aromatic hydroxyl groups is 2. The first kappa shape index (κ1) is 18.4. The Labute approximate surface area is 152 Å². The van der Waals surface area contributed by atoms with Crippen molar-refractivity contribution in [1.82, 2.24) is 0 Å². The molecular formula is C22H34O3. The van der Waals surface area contributed by atoms with Crippen molar-refractivity contribution in [2.45, 2.75) is 66.2 Å². The fourth-order valence-corrected chi connectivity index (χ4v) is 6.26. The highest BCUT2D eigenvalue weighted by Crippen LogP contribution is 2.62. The molecule has 3 nitrogen and oxygen atoms in total. The minimum atomic E-state index is -0.0510. The van der Waals surface area contributed by atoms with E-state index in [1.54, 1.807) is 13.2 Å². The lowest BCUT2D eigenvalue weighted by Crippen LogP contribution is -2.51. The molecule has 0 bridgehead atoms. The van der Waals surface area contributed by atoms with Crippen LogP contribution in [0.1, 0.15) is 65.4 Å². The lowest BCUT2D eigenvalue weighted by Gasteiger charge is -2.59. The Morgan fingerprint density at radius 2 is 1.84 bits per heavy atom. The quantitative estimate of drug-likeness (QED) is 0.708. The predicted octanol–water partition coefficient (Wildman–Crippen LogP) is 5.53. The number of phenols is 2. The van der Waals surface area contributed by atoms with Crippen molar-refractivity contribution in [3.8, 4) is 17.2 Å². The van der Waals surface area contributed by atoms with Crippen LogP contribution in [0.2, 0.25) is 0 Å². The van der Waals surface area contributed by atoms with E-state index in [2.05, 4.69) is 27.7 Å².